The zero-order valence-electron chi connectivity index (χ0n) is 50.2. The zero-order valence-corrected chi connectivity index (χ0v) is 56.8. The van der Waals surface area contributed by atoms with Gasteiger partial charge in [0, 0.05) is 72.2 Å². The molecular formula is C59H115N3O8S8. The van der Waals surface area contributed by atoms with Crippen molar-refractivity contribution in [3.05, 3.63) is 0 Å². The molecule has 0 rings (SSSR count). The first kappa shape index (κ1) is 78.6. The molecule has 0 unspecified atom stereocenters. The van der Waals surface area contributed by atoms with Gasteiger partial charge in [0.1, 0.15) is 0 Å². The first-order chi connectivity index (χ1) is 38.2. The summed E-state index contributed by atoms with van der Waals surface area (Å²) in [5, 5.41) is 0. The van der Waals surface area contributed by atoms with E-state index in [2.05, 4.69) is 49.4 Å². The zero-order chi connectivity index (χ0) is 56.9. The van der Waals surface area contributed by atoms with Crippen LogP contribution < -0.4 is 0 Å². The van der Waals surface area contributed by atoms with Crippen molar-refractivity contribution >= 4 is 110 Å². The van der Waals surface area contributed by atoms with E-state index < -0.39 is 0 Å². The van der Waals surface area contributed by atoms with Gasteiger partial charge in [-0.2, -0.15) is 0 Å². The van der Waals surface area contributed by atoms with E-state index in [0.717, 1.165) is 116 Å². The Morgan fingerprint density at radius 2 is 0.487 bits per heavy atom. The average molecular weight is 1250 g/mol. The van der Waals surface area contributed by atoms with Crippen molar-refractivity contribution in [2.24, 2.45) is 0 Å². The molecule has 0 N–H and O–H groups in total. The number of hydrogen-bond acceptors (Lipinski definition) is 19. The summed E-state index contributed by atoms with van der Waals surface area (Å²) in [6.45, 7) is 16.2. The maximum absolute atomic E-state index is 12.8. The molecule has 0 aliphatic carbocycles. The topological polar surface area (TPSA) is 115 Å². The van der Waals surface area contributed by atoms with Crippen LogP contribution in [0, 0.1) is 0 Å². The van der Waals surface area contributed by atoms with Crippen LogP contribution in [0.2, 0.25) is 0 Å². The van der Waals surface area contributed by atoms with Gasteiger partial charge in [-0.25, -0.2) is 0 Å². The molecule has 0 aliphatic rings. The Bertz CT molecular complexity index is 1140. The van der Waals surface area contributed by atoms with Gasteiger partial charge in [0.05, 0.1) is 52.1 Å². The van der Waals surface area contributed by atoms with Crippen LogP contribution in [0.4, 0.5) is 0 Å². The van der Waals surface area contributed by atoms with E-state index >= 15 is 0 Å². The SMILES string of the molecule is CCCCSSCCCCCCOC(=O)CCN(CCCN(C)CCCN(CCC(=O)OCCCCCCSSCCCC)CCC(=O)OCCCCCCSSCCCC)CCC(=O)OCCCCCCSSCCCC. The minimum Gasteiger partial charge on any atom is -0.466 e. The summed E-state index contributed by atoms with van der Waals surface area (Å²) in [5.74, 6) is 8.96. The molecule has 0 amide bonds. The Morgan fingerprint density at radius 1 is 0.269 bits per heavy atom. The second kappa shape index (κ2) is 65.1. The molecule has 19 heteroatoms. The van der Waals surface area contributed by atoms with Gasteiger partial charge >= 0.3 is 23.9 Å². The molecule has 0 aromatic heterocycles. The van der Waals surface area contributed by atoms with Gasteiger partial charge in [-0.05, 0) is 123 Å². The molecular weight excluding hydrogens is 1140 g/mol. The quantitative estimate of drug-likeness (QED) is 0.0249. The van der Waals surface area contributed by atoms with E-state index in [1.54, 1.807) is 0 Å². The third-order valence-corrected chi connectivity index (χ3v) is 23.1. The fraction of sp³-hybridized carbons (Fsp3) is 0.932. The summed E-state index contributed by atoms with van der Waals surface area (Å²) in [6.07, 6.45) is 30.5. The molecule has 78 heavy (non-hydrogen) atoms. The summed E-state index contributed by atoms with van der Waals surface area (Å²) in [7, 11) is 18.0. The van der Waals surface area contributed by atoms with Crippen LogP contribution in [0.1, 0.15) is 220 Å². The van der Waals surface area contributed by atoms with Crippen LogP contribution in [0.5, 0.6) is 0 Å². The van der Waals surface area contributed by atoms with Gasteiger partial charge in [-0.15, -0.1) is 0 Å². The van der Waals surface area contributed by atoms with E-state index in [1.807, 2.05) is 86.4 Å². The standard InChI is InChI=1S/C59H115N3O8S8/c1-6-10-48-71-75-52-26-18-14-22-44-67-56(63)32-40-61(41-33-57(64)68-45-23-15-19-27-53-76-72-49-11-7-2)38-30-36-60(5)37-31-39-62(42-34-58(65)69-46-24-16-20-28-54-77-73-50-12-8-3)43-35-59(66)70-47-25-17-21-29-55-78-74-51-13-9-4/h6-55H2,1-5H3. The maximum atomic E-state index is 12.8. The Balaban J connectivity index is 5.04. The average Bonchev–Trinajstić information content (AvgIpc) is 3.43. The predicted molar refractivity (Wildman–Crippen MR) is 355 cm³/mol. The van der Waals surface area contributed by atoms with Gasteiger partial charge in [0.15, 0.2) is 0 Å². The van der Waals surface area contributed by atoms with Crippen molar-refractivity contribution in [1.29, 1.82) is 0 Å². The van der Waals surface area contributed by atoms with E-state index in [0.29, 0.717) is 78.3 Å². The lowest BCUT2D eigenvalue weighted by atomic mass is 10.2. The summed E-state index contributed by atoms with van der Waals surface area (Å²) in [6, 6.07) is 0. The fourth-order valence-electron chi connectivity index (χ4n) is 7.69. The predicted octanol–water partition coefficient (Wildman–Crippen LogP) is 17.0. The number of carbonyl (C=O) groups excluding carboxylic acids is 4. The highest BCUT2D eigenvalue weighted by molar-refractivity contribution is 8.77. The summed E-state index contributed by atoms with van der Waals surface area (Å²) in [4.78, 5) is 58.1. The van der Waals surface area contributed by atoms with Gasteiger partial charge in [0.25, 0.3) is 0 Å². The molecule has 0 spiro atoms. The number of nitrogens with zero attached hydrogens (tertiary/aromatic N) is 3. The number of unbranched alkanes of at least 4 members (excludes halogenated alkanes) is 16. The second-order valence-electron chi connectivity index (χ2n) is 20.2. The Morgan fingerprint density at radius 3 is 0.718 bits per heavy atom. The molecule has 0 saturated carbocycles. The van der Waals surface area contributed by atoms with Crippen LogP contribution in [-0.2, 0) is 38.1 Å². The molecule has 462 valence electrons. The van der Waals surface area contributed by atoms with E-state index in [9.17, 15) is 19.2 Å². The monoisotopic (exact) mass is 1250 g/mol. The Kier molecular flexibility index (Phi) is 65.6. The van der Waals surface area contributed by atoms with Crippen molar-refractivity contribution in [2.45, 2.75) is 220 Å². The van der Waals surface area contributed by atoms with Crippen LogP contribution in [0.3, 0.4) is 0 Å². The maximum Gasteiger partial charge on any atom is 0.307 e. The molecule has 0 heterocycles. The minimum absolute atomic E-state index is 0.174. The first-order valence-electron chi connectivity index (χ1n) is 31.0. The summed E-state index contributed by atoms with van der Waals surface area (Å²) in [5.41, 5.74) is 0. The van der Waals surface area contributed by atoms with Crippen LogP contribution >= 0.6 is 86.4 Å². The fourth-order valence-corrected chi connectivity index (χ4v) is 17.2. The largest absolute Gasteiger partial charge is 0.466 e. The number of hydrogen-bond donors (Lipinski definition) is 0. The molecule has 0 aliphatic heterocycles. The van der Waals surface area contributed by atoms with Crippen molar-refractivity contribution in [3.8, 4) is 0 Å². The lowest BCUT2D eigenvalue weighted by Gasteiger charge is -2.25. The highest BCUT2D eigenvalue weighted by Crippen LogP contribution is 2.27. The molecule has 0 aromatic carbocycles. The lowest BCUT2D eigenvalue weighted by molar-refractivity contribution is -0.146. The molecule has 0 aromatic rings. The first-order valence-corrected chi connectivity index (χ1v) is 40.9. The molecule has 0 bridgehead atoms. The third-order valence-electron chi connectivity index (χ3n) is 12.8. The van der Waals surface area contributed by atoms with Gasteiger partial charge in [-0.3, -0.25) is 19.2 Å². The molecule has 0 fully saturated rings. The van der Waals surface area contributed by atoms with Crippen molar-refractivity contribution in [2.75, 3.05) is 132 Å². The van der Waals surface area contributed by atoms with Gasteiger partial charge in [0.2, 0.25) is 0 Å². The van der Waals surface area contributed by atoms with Gasteiger partial charge in [-0.1, -0.05) is 191 Å². The number of carbonyl (C=O) groups is 4. The second-order valence-corrected chi connectivity index (χ2v) is 31.0. The number of ether oxygens (including phenoxy) is 4. The Hall–Kier alpha value is 0.560. The smallest absolute Gasteiger partial charge is 0.307 e. The number of esters is 4. The molecule has 0 atom stereocenters. The minimum atomic E-state index is -0.174. The summed E-state index contributed by atoms with van der Waals surface area (Å²) >= 11 is 0. The highest BCUT2D eigenvalue weighted by atomic mass is 33.1. The van der Waals surface area contributed by atoms with Crippen molar-refractivity contribution < 1.29 is 38.1 Å². The highest BCUT2D eigenvalue weighted by Gasteiger charge is 2.16. The van der Waals surface area contributed by atoms with E-state index in [4.69, 9.17) is 18.9 Å². The van der Waals surface area contributed by atoms with Crippen LogP contribution in [-0.4, -0.2) is 170 Å². The summed E-state index contributed by atoms with van der Waals surface area (Å²) < 4.78 is 22.6. The normalized spacial score (nSPS) is 11.6. The number of rotatable bonds is 64. The molecule has 11 nitrogen and oxygen atoms in total. The Labute approximate surface area is 511 Å². The van der Waals surface area contributed by atoms with E-state index in [-0.39, 0.29) is 23.9 Å². The van der Waals surface area contributed by atoms with Crippen molar-refractivity contribution in [1.82, 2.24) is 14.7 Å². The van der Waals surface area contributed by atoms with Gasteiger partial charge < -0.3 is 33.6 Å². The van der Waals surface area contributed by atoms with Crippen molar-refractivity contribution in [3.63, 3.8) is 0 Å². The third kappa shape index (κ3) is 61.1. The van der Waals surface area contributed by atoms with Crippen LogP contribution in [0.25, 0.3) is 0 Å². The lowest BCUT2D eigenvalue weighted by Crippen LogP contribution is -2.34. The van der Waals surface area contributed by atoms with E-state index in [1.165, 1.54) is 123 Å². The van der Waals surface area contributed by atoms with Crippen LogP contribution in [0.15, 0.2) is 0 Å². The molecule has 0 saturated heterocycles. The molecule has 0 radical (unpaired) electrons.